The van der Waals surface area contributed by atoms with Gasteiger partial charge in [0.2, 0.25) is 0 Å². The van der Waals surface area contributed by atoms with Crippen LogP contribution in [0.3, 0.4) is 0 Å². The first kappa shape index (κ1) is 25.3. The second-order valence-corrected chi connectivity index (χ2v) is 8.18. The molecule has 2 rings (SSSR count). The van der Waals surface area contributed by atoms with E-state index in [1.54, 1.807) is 6.07 Å². The van der Waals surface area contributed by atoms with Crippen LogP contribution in [0.15, 0.2) is 48.6 Å². The van der Waals surface area contributed by atoms with E-state index in [1.165, 1.54) is 18.7 Å². The highest BCUT2D eigenvalue weighted by Crippen LogP contribution is 2.35. The van der Waals surface area contributed by atoms with Crippen LogP contribution in [0.2, 0.25) is 0 Å². The molecule has 0 amide bonds. The first-order valence-corrected chi connectivity index (χ1v) is 11.4. The summed E-state index contributed by atoms with van der Waals surface area (Å²) in [5.41, 5.74) is 3.86. The van der Waals surface area contributed by atoms with Gasteiger partial charge >= 0.3 is 0 Å². The fourth-order valence-corrected chi connectivity index (χ4v) is 3.39. The number of unbranched alkanes of at least 4 members (excludes halogenated alkanes) is 2. The molecule has 0 atom stereocenters. The van der Waals surface area contributed by atoms with Crippen LogP contribution in [0, 0.1) is 0 Å². The molecule has 0 unspecified atom stereocenters. The number of carbonyl (C=O) groups is 1. The molecule has 1 N–H and O–H groups in total. The van der Waals surface area contributed by atoms with Crippen LogP contribution in [0.5, 0.6) is 11.5 Å². The smallest absolute Gasteiger partial charge is 0.193 e. The lowest BCUT2D eigenvalue weighted by atomic mass is 9.94. The van der Waals surface area contributed by atoms with Crippen molar-refractivity contribution in [3.05, 3.63) is 70.8 Å². The maximum atomic E-state index is 13.5. The lowest BCUT2D eigenvalue weighted by Gasteiger charge is -2.18. The van der Waals surface area contributed by atoms with Crippen LogP contribution < -0.4 is 4.74 Å². The van der Waals surface area contributed by atoms with Gasteiger partial charge < -0.3 is 14.6 Å². The zero-order valence-corrected chi connectivity index (χ0v) is 20.2. The summed E-state index contributed by atoms with van der Waals surface area (Å²) in [4.78, 5) is 13.5. The molecule has 0 bridgehead atoms. The van der Waals surface area contributed by atoms with Gasteiger partial charge in [0.1, 0.15) is 5.76 Å². The van der Waals surface area contributed by atoms with Crippen molar-refractivity contribution in [3.8, 4) is 11.5 Å². The molecule has 2 aromatic rings. The van der Waals surface area contributed by atoms with Crippen LogP contribution >= 0.6 is 0 Å². The lowest BCUT2D eigenvalue weighted by Crippen LogP contribution is -2.09. The third-order valence-corrected chi connectivity index (χ3v) is 5.15. The third-order valence-electron chi connectivity index (χ3n) is 5.15. The highest BCUT2D eigenvalue weighted by molar-refractivity contribution is 6.12. The maximum absolute atomic E-state index is 13.5. The van der Waals surface area contributed by atoms with Gasteiger partial charge in [-0.05, 0) is 63.0 Å². The summed E-state index contributed by atoms with van der Waals surface area (Å²) in [6, 6.07) is 10.8. The average molecular weight is 437 g/mol. The molecule has 0 spiro atoms. The Bertz CT molecular complexity index is 966. The van der Waals surface area contributed by atoms with Crippen molar-refractivity contribution in [3.63, 3.8) is 0 Å². The van der Waals surface area contributed by atoms with Crippen molar-refractivity contribution in [1.29, 1.82) is 0 Å². The standard InChI is InChI=1S/C28H36O4/c1-7-9-11-20(5)21-13-15-22(16-14-21)28(30)24-17-25(29)27(31-6)18-23(24)26(12-10-8-2)32-19(3)4/h11-19,29H,7-10H2,1-6H3. The molecule has 2 aromatic carbocycles. The second kappa shape index (κ2) is 12.1. The fourth-order valence-electron chi connectivity index (χ4n) is 3.39. The van der Waals surface area contributed by atoms with Crippen molar-refractivity contribution in [2.24, 2.45) is 0 Å². The Kier molecular flexibility index (Phi) is 9.58. The number of carbonyl (C=O) groups excluding carboxylic acids is 1. The Morgan fingerprint density at radius 1 is 0.969 bits per heavy atom. The van der Waals surface area contributed by atoms with Crippen LogP contribution in [-0.4, -0.2) is 24.1 Å². The summed E-state index contributed by atoms with van der Waals surface area (Å²) in [5, 5.41) is 10.4. The number of hydrogen-bond donors (Lipinski definition) is 1. The van der Waals surface area contributed by atoms with E-state index in [4.69, 9.17) is 9.47 Å². The van der Waals surface area contributed by atoms with Gasteiger partial charge in [-0.3, -0.25) is 4.79 Å². The number of ketones is 1. The number of aromatic hydroxyl groups is 1. The van der Waals surface area contributed by atoms with E-state index in [1.807, 2.05) is 44.2 Å². The lowest BCUT2D eigenvalue weighted by molar-refractivity contribution is 0.103. The first-order valence-electron chi connectivity index (χ1n) is 11.4. The van der Waals surface area contributed by atoms with Gasteiger partial charge in [-0.25, -0.2) is 0 Å². The number of methoxy groups -OCH3 is 1. The van der Waals surface area contributed by atoms with Crippen molar-refractivity contribution >= 4 is 17.1 Å². The topological polar surface area (TPSA) is 55.8 Å². The Hall–Kier alpha value is -3.01. The van der Waals surface area contributed by atoms with Gasteiger partial charge in [0.15, 0.2) is 17.3 Å². The summed E-state index contributed by atoms with van der Waals surface area (Å²) in [5.74, 6) is 0.681. The first-order chi connectivity index (χ1) is 15.3. The number of rotatable bonds is 11. The molecule has 4 heteroatoms. The SMILES string of the molecule is CCCC=C(C)c1ccc(C(=O)c2cc(O)c(OC)cc2C(=CCCC)OC(C)C)cc1. The van der Waals surface area contributed by atoms with E-state index in [0.717, 1.165) is 31.2 Å². The van der Waals surface area contributed by atoms with Crippen molar-refractivity contribution < 1.29 is 19.4 Å². The number of hydrogen-bond acceptors (Lipinski definition) is 4. The minimum Gasteiger partial charge on any atom is -0.504 e. The molecule has 4 nitrogen and oxygen atoms in total. The highest BCUT2D eigenvalue weighted by Gasteiger charge is 2.21. The number of allylic oxidation sites excluding steroid dienone is 3. The fraction of sp³-hybridized carbons (Fsp3) is 0.393. The molecule has 0 fully saturated rings. The zero-order valence-electron chi connectivity index (χ0n) is 20.2. The molecule has 32 heavy (non-hydrogen) atoms. The maximum Gasteiger partial charge on any atom is 0.193 e. The molecular formula is C28H36O4. The van der Waals surface area contributed by atoms with Crippen molar-refractivity contribution in [1.82, 2.24) is 0 Å². The minimum absolute atomic E-state index is 0.0574. The van der Waals surface area contributed by atoms with Crippen molar-refractivity contribution in [2.75, 3.05) is 7.11 Å². The Labute approximate surface area is 192 Å². The van der Waals surface area contributed by atoms with Crippen LogP contribution in [0.25, 0.3) is 11.3 Å². The molecule has 0 aromatic heterocycles. The van der Waals surface area contributed by atoms with E-state index in [0.29, 0.717) is 28.2 Å². The largest absolute Gasteiger partial charge is 0.504 e. The average Bonchev–Trinajstić information content (AvgIpc) is 2.79. The quantitative estimate of drug-likeness (QED) is 0.294. The summed E-state index contributed by atoms with van der Waals surface area (Å²) in [7, 11) is 1.49. The number of benzene rings is 2. The monoisotopic (exact) mass is 436 g/mol. The summed E-state index contributed by atoms with van der Waals surface area (Å²) < 4.78 is 11.4. The predicted molar refractivity (Wildman–Crippen MR) is 132 cm³/mol. The Morgan fingerprint density at radius 3 is 2.12 bits per heavy atom. The molecule has 0 heterocycles. The Morgan fingerprint density at radius 2 is 1.56 bits per heavy atom. The van der Waals surface area contributed by atoms with E-state index < -0.39 is 0 Å². The molecule has 0 aliphatic heterocycles. The third kappa shape index (κ3) is 6.49. The van der Waals surface area contributed by atoms with Crippen molar-refractivity contribution in [2.45, 2.75) is 66.4 Å². The zero-order chi connectivity index (χ0) is 23.7. The number of ether oxygens (including phenoxy) is 2. The number of phenolic OH excluding ortho intramolecular Hbond substituents is 1. The van der Waals surface area contributed by atoms with Gasteiger partial charge in [-0.2, -0.15) is 0 Å². The van der Waals surface area contributed by atoms with Gasteiger partial charge in [0, 0.05) is 16.7 Å². The van der Waals surface area contributed by atoms with E-state index in [-0.39, 0.29) is 17.6 Å². The van der Waals surface area contributed by atoms with E-state index >= 15 is 0 Å². The van der Waals surface area contributed by atoms with Gasteiger partial charge in [0.05, 0.1) is 13.2 Å². The van der Waals surface area contributed by atoms with Gasteiger partial charge in [0.25, 0.3) is 0 Å². The predicted octanol–water partition coefficient (Wildman–Crippen LogP) is 7.40. The molecule has 0 radical (unpaired) electrons. The normalized spacial score (nSPS) is 12.2. The summed E-state index contributed by atoms with van der Waals surface area (Å²) >= 11 is 0. The summed E-state index contributed by atoms with van der Waals surface area (Å²) in [6.45, 7) is 10.2. The molecule has 0 saturated carbocycles. The van der Waals surface area contributed by atoms with E-state index in [2.05, 4.69) is 26.8 Å². The minimum atomic E-state index is -0.172. The van der Waals surface area contributed by atoms with Crippen LogP contribution in [0.1, 0.15) is 87.4 Å². The molecule has 0 aliphatic carbocycles. The number of phenols is 1. The molecular weight excluding hydrogens is 400 g/mol. The molecule has 0 aliphatic rings. The van der Waals surface area contributed by atoms with Crippen LogP contribution in [0.4, 0.5) is 0 Å². The summed E-state index contributed by atoms with van der Waals surface area (Å²) in [6.07, 6.45) is 8.05. The highest BCUT2D eigenvalue weighted by atomic mass is 16.5. The molecule has 0 saturated heterocycles. The Balaban J connectivity index is 2.53. The van der Waals surface area contributed by atoms with Crippen LogP contribution in [-0.2, 0) is 4.74 Å². The van der Waals surface area contributed by atoms with Gasteiger partial charge in [-0.15, -0.1) is 0 Å². The molecule has 172 valence electrons. The van der Waals surface area contributed by atoms with Gasteiger partial charge in [-0.1, -0.05) is 57.0 Å². The van der Waals surface area contributed by atoms with E-state index in [9.17, 15) is 9.90 Å². The second-order valence-electron chi connectivity index (χ2n) is 8.18.